The molecular formula is C16H23N3O4. The van der Waals surface area contributed by atoms with Gasteiger partial charge in [0.1, 0.15) is 5.56 Å². The van der Waals surface area contributed by atoms with Gasteiger partial charge in [0, 0.05) is 37.4 Å². The predicted molar refractivity (Wildman–Crippen MR) is 88.0 cm³/mol. The molecule has 0 radical (unpaired) electrons. The number of rotatable bonds is 5. The van der Waals surface area contributed by atoms with Gasteiger partial charge in [-0.15, -0.1) is 0 Å². The first kappa shape index (κ1) is 17.2. The summed E-state index contributed by atoms with van der Waals surface area (Å²) in [6.07, 6.45) is 0.968. The first-order chi connectivity index (χ1) is 11.0. The molecule has 0 saturated carbocycles. The van der Waals surface area contributed by atoms with Crippen LogP contribution in [0.4, 0.5) is 11.4 Å². The van der Waals surface area contributed by atoms with Crippen LogP contribution in [0.5, 0.6) is 0 Å². The van der Waals surface area contributed by atoms with E-state index >= 15 is 0 Å². The first-order valence-electron chi connectivity index (χ1n) is 7.88. The van der Waals surface area contributed by atoms with Gasteiger partial charge in [0.25, 0.3) is 5.69 Å². The fourth-order valence-corrected chi connectivity index (χ4v) is 2.93. The van der Waals surface area contributed by atoms with Crippen LogP contribution in [0, 0.1) is 10.1 Å². The number of carbonyl (C=O) groups excluding carboxylic acids is 1. The van der Waals surface area contributed by atoms with Crippen LogP contribution in [0.1, 0.15) is 30.6 Å². The molecule has 7 nitrogen and oxygen atoms in total. The maximum atomic E-state index is 12.1. The van der Waals surface area contributed by atoms with E-state index < -0.39 is 10.9 Å². The number of piperazine rings is 1. The molecule has 0 bridgehead atoms. The summed E-state index contributed by atoms with van der Waals surface area (Å²) in [6.45, 7) is 6.67. The number of anilines is 1. The van der Waals surface area contributed by atoms with Crippen molar-refractivity contribution in [2.45, 2.75) is 26.3 Å². The molecule has 0 N–H and O–H groups in total. The lowest BCUT2D eigenvalue weighted by Gasteiger charge is -2.41. The van der Waals surface area contributed by atoms with E-state index in [9.17, 15) is 14.9 Å². The van der Waals surface area contributed by atoms with Gasteiger partial charge in [-0.25, -0.2) is 4.79 Å². The van der Waals surface area contributed by atoms with Crippen molar-refractivity contribution >= 4 is 17.3 Å². The lowest BCUT2D eigenvalue weighted by atomic mass is 10.1. The van der Waals surface area contributed by atoms with Gasteiger partial charge in [-0.1, -0.05) is 6.92 Å². The third-order valence-corrected chi connectivity index (χ3v) is 4.16. The summed E-state index contributed by atoms with van der Waals surface area (Å²) in [5, 5.41) is 11.2. The second-order valence-electron chi connectivity index (χ2n) is 5.70. The number of nitro groups is 1. The van der Waals surface area contributed by atoms with E-state index in [0.29, 0.717) is 6.04 Å². The second kappa shape index (κ2) is 7.41. The Bertz CT molecular complexity index is 591. The second-order valence-corrected chi connectivity index (χ2v) is 5.70. The van der Waals surface area contributed by atoms with Crippen molar-refractivity contribution in [2.24, 2.45) is 0 Å². The van der Waals surface area contributed by atoms with Crippen LogP contribution >= 0.6 is 0 Å². The van der Waals surface area contributed by atoms with E-state index in [0.717, 1.165) is 31.7 Å². The smallest absolute Gasteiger partial charge is 0.345 e. The minimum atomic E-state index is -0.650. The largest absolute Gasteiger partial charge is 0.462 e. The highest BCUT2D eigenvalue weighted by molar-refractivity contribution is 5.95. The van der Waals surface area contributed by atoms with E-state index in [1.807, 2.05) is 0 Å². The Kier molecular flexibility index (Phi) is 5.54. The Morgan fingerprint density at radius 2 is 2.13 bits per heavy atom. The Hall–Kier alpha value is -2.15. The fraction of sp³-hybridized carbons (Fsp3) is 0.562. The minimum Gasteiger partial charge on any atom is -0.462 e. The lowest BCUT2D eigenvalue weighted by molar-refractivity contribution is -0.385. The summed E-state index contributed by atoms with van der Waals surface area (Å²) in [5.41, 5.74) is 0.635. The first-order valence-corrected chi connectivity index (χ1v) is 7.88. The highest BCUT2D eigenvalue weighted by Crippen LogP contribution is 2.28. The van der Waals surface area contributed by atoms with Gasteiger partial charge in [-0.2, -0.15) is 0 Å². The number of carbonyl (C=O) groups is 1. The highest BCUT2D eigenvalue weighted by Gasteiger charge is 2.27. The molecule has 1 aromatic rings. The molecular weight excluding hydrogens is 298 g/mol. The molecule has 0 aliphatic carbocycles. The zero-order valence-corrected chi connectivity index (χ0v) is 13.8. The lowest BCUT2D eigenvalue weighted by Crippen LogP contribution is -2.51. The number of nitrogens with zero attached hydrogens (tertiary/aromatic N) is 3. The minimum absolute atomic E-state index is 0.0168. The van der Waals surface area contributed by atoms with Gasteiger partial charge in [0.05, 0.1) is 11.5 Å². The zero-order chi connectivity index (χ0) is 17.0. The SMILES string of the molecule is CCOC(=O)c1cc(N2CCN(C)CC2CC)ccc1[N+](=O)[O-]. The number of nitro benzene ring substituents is 1. The number of benzene rings is 1. The van der Waals surface area contributed by atoms with Gasteiger partial charge < -0.3 is 14.5 Å². The molecule has 0 amide bonds. The van der Waals surface area contributed by atoms with Gasteiger partial charge in [-0.3, -0.25) is 10.1 Å². The van der Waals surface area contributed by atoms with Crippen molar-refractivity contribution < 1.29 is 14.5 Å². The Morgan fingerprint density at radius 1 is 1.39 bits per heavy atom. The summed E-state index contributed by atoms with van der Waals surface area (Å²) >= 11 is 0. The van der Waals surface area contributed by atoms with Crippen LogP contribution in [0.2, 0.25) is 0 Å². The van der Waals surface area contributed by atoms with E-state index in [1.54, 1.807) is 19.1 Å². The third kappa shape index (κ3) is 3.79. The van der Waals surface area contributed by atoms with Crippen molar-refractivity contribution in [3.05, 3.63) is 33.9 Å². The van der Waals surface area contributed by atoms with Gasteiger partial charge >= 0.3 is 5.97 Å². The quantitative estimate of drug-likeness (QED) is 0.470. The normalized spacial score (nSPS) is 18.7. The van der Waals surface area contributed by atoms with Gasteiger partial charge in [0.2, 0.25) is 0 Å². The number of hydrogen-bond acceptors (Lipinski definition) is 6. The van der Waals surface area contributed by atoms with Crippen molar-refractivity contribution in [3.8, 4) is 0 Å². The molecule has 23 heavy (non-hydrogen) atoms. The van der Waals surface area contributed by atoms with Gasteiger partial charge in [0.15, 0.2) is 0 Å². The standard InChI is InChI=1S/C16H23N3O4/c1-4-12-11-17(3)8-9-18(12)13-6-7-15(19(21)22)14(10-13)16(20)23-5-2/h6-7,10,12H,4-5,8-9,11H2,1-3H3. The molecule has 1 unspecified atom stereocenters. The van der Waals surface area contributed by atoms with Crippen LogP contribution < -0.4 is 4.90 Å². The van der Waals surface area contributed by atoms with E-state index in [1.165, 1.54) is 6.07 Å². The summed E-state index contributed by atoms with van der Waals surface area (Å²) in [6, 6.07) is 5.02. The third-order valence-electron chi connectivity index (χ3n) is 4.16. The van der Waals surface area contributed by atoms with Crippen LogP contribution in [0.25, 0.3) is 0 Å². The van der Waals surface area contributed by atoms with Crippen molar-refractivity contribution in [3.63, 3.8) is 0 Å². The molecule has 1 aliphatic heterocycles. The molecule has 1 saturated heterocycles. The summed E-state index contributed by atoms with van der Waals surface area (Å²) in [4.78, 5) is 27.2. The van der Waals surface area contributed by atoms with E-state index in [2.05, 4.69) is 23.8 Å². The average molecular weight is 321 g/mol. The maximum absolute atomic E-state index is 12.1. The van der Waals surface area contributed by atoms with Crippen LogP contribution in [0.3, 0.4) is 0 Å². The Balaban J connectivity index is 2.38. The molecule has 7 heteroatoms. The maximum Gasteiger partial charge on any atom is 0.345 e. The summed E-state index contributed by atoms with van der Waals surface area (Å²) in [7, 11) is 2.08. The Morgan fingerprint density at radius 3 is 2.74 bits per heavy atom. The number of ether oxygens (including phenoxy) is 1. The number of hydrogen-bond donors (Lipinski definition) is 0. The Labute approximate surface area is 136 Å². The molecule has 1 heterocycles. The highest BCUT2D eigenvalue weighted by atomic mass is 16.6. The molecule has 126 valence electrons. The van der Waals surface area contributed by atoms with Gasteiger partial charge in [-0.05, 0) is 32.5 Å². The van der Waals surface area contributed by atoms with Crippen molar-refractivity contribution in [1.82, 2.24) is 4.90 Å². The van der Waals surface area contributed by atoms with Crippen LogP contribution in [-0.4, -0.2) is 55.1 Å². The van der Waals surface area contributed by atoms with E-state index in [4.69, 9.17) is 4.74 Å². The number of likely N-dealkylation sites (N-methyl/N-ethyl adjacent to an activating group) is 1. The average Bonchev–Trinajstić information content (AvgIpc) is 2.54. The van der Waals surface area contributed by atoms with Crippen molar-refractivity contribution in [2.75, 3.05) is 38.2 Å². The molecule has 2 rings (SSSR count). The van der Waals surface area contributed by atoms with Crippen LogP contribution in [0.15, 0.2) is 18.2 Å². The topological polar surface area (TPSA) is 75.9 Å². The van der Waals surface area contributed by atoms with Crippen LogP contribution in [-0.2, 0) is 4.74 Å². The van der Waals surface area contributed by atoms with E-state index in [-0.39, 0.29) is 17.9 Å². The summed E-state index contributed by atoms with van der Waals surface area (Å²) < 4.78 is 4.96. The molecule has 1 aliphatic rings. The molecule has 0 aromatic heterocycles. The molecule has 1 fully saturated rings. The monoisotopic (exact) mass is 321 g/mol. The molecule has 1 atom stereocenters. The predicted octanol–water partition coefficient (Wildman–Crippen LogP) is 2.30. The fourth-order valence-electron chi connectivity index (χ4n) is 2.93. The number of esters is 1. The molecule has 0 spiro atoms. The van der Waals surface area contributed by atoms with Crippen molar-refractivity contribution in [1.29, 1.82) is 0 Å². The molecule has 1 aromatic carbocycles. The summed E-state index contributed by atoms with van der Waals surface area (Å²) in [5.74, 6) is -0.650. The zero-order valence-electron chi connectivity index (χ0n) is 13.8.